The van der Waals surface area contributed by atoms with Crippen LogP contribution in [0.3, 0.4) is 0 Å². The molecule has 11 heteroatoms. The molecular formula is C34H63O10P. The number of hydrogen-bond donors (Lipinski definition) is 3. The molecule has 0 aromatic heterocycles. The smallest absolute Gasteiger partial charge is 0.457 e. The Labute approximate surface area is 272 Å². The van der Waals surface area contributed by atoms with Gasteiger partial charge in [0.25, 0.3) is 0 Å². The minimum atomic E-state index is -4.62. The van der Waals surface area contributed by atoms with Crippen LogP contribution in [0.1, 0.15) is 142 Å². The maximum absolute atomic E-state index is 12.2. The Bertz CT molecular complexity index is 817. The van der Waals surface area contributed by atoms with Crippen LogP contribution in [0.5, 0.6) is 0 Å². The molecule has 3 unspecified atom stereocenters. The fourth-order valence-corrected chi connectivity index (χ4v) is 5.22. The van der Waals surface area contributed by atoms with E-state index in [1.807, 2.05) is 0 Å². The molecule has 0 rings (SSSR count). The molecule has 0 fully saturated rings. The summed E-state index contributed by atoms with van der Waals surface area (Å²) in [5.74, 6) is -1.04. The highest BCUT2D eigenvalue weighted by Gasteiger charge is 2.27. The molecule has 0 aromatic carbocycles. The first-order chi connectivity index (χ1) is 21.8. The summed E-state index contributed by atoms with van der Waals surface area (Å²) in [5, 5.41) is 19.0. The molecule has 3 atom stereocenters. The second-order valence-electron chi connectivity index (χ2n) is 11.5. The van der Waals surface area contributed by atoms with Gasteiger partial charge in [-0.15, -0.1) is 0 Å². The van der Waals surface area contributed by atoms with Crippen molar-refractivity contribution in [3.8, 4) is 0 Å². The quantitative estimate of drug-likeness (QED) is 0.0281. The van der Waals surface area contributed by atoms with Crippen LogP contribution in [0.4, 0.5) is 0 Å². The number of aliphatic hydroxyl groups excluding tert-OH is 2. The van der Waals surface area contributed by atoms with Gasteiger partial charge in [0.05, 0.1) is 26.4 Å². The highest BCUT2D eigenvalue weighted by Crippen LogP contribution is 2.43. The van der Waals surface area contributed by atoms with E-state index in [4.69, 9.17) is 18.5 Å². The van der Waals surface area contributed by atoms with Gasteiger partial charge in [-0.3, -0.25) is 18.6 Å². The van der Waals surface area contributed by atoms with Crippen LogP contribution in [0, 0.1) is 0 Å². The largest absolute Gasteiger partial charge is 0.472 e. The molecule has 0 amide bonds. The minimum Gasteiger partial charge on any atom is -0.457 e. The Kier molecular flexibility index (Phi) is 30.0. The van der Waals surface area contributed by atoms with Crippen molar-refractivity contribution >= 4 is 19.8 Å². The van der Waals surface area contributed by atoms with Crippen LogP contribution >= 0.6 is 7.82 Å². The summed E-state index contributed by atoms with van der Waals surface area (Å²) in [7, 11) is -4.62. The van der Waals surface area contributed by atoms with Crippen molar-refractivity contribution in [3.05, 3.63) is 24.3 Å². The summed E-state index contributed by atoms with van der Waals surface area (Å²) in [6.45, 7) is 2.08. The number of unbranched alkanes of at least 4 members (excludes halogenated alkanes) is 14. The average molecular weight is 663 g/mol. The lowest BCUT2D eigenvalue weighted by Crippen LogP contribution is -2.28. The first-order valence-corrected chi connectivity index (χ1v) is 18.8. The van der Waals surface area contributed by atoms with Crippen molar-refractivity contribution in [2.24, 2.45) is 0 Å². The summed E-state index contributed by atoms with van der Waals surface area (Å²) in [5.41, 5.74) is 0. The third-order valence-electron chi connectivity index (χ3n) is 7.17. The van der Waals surface area contributed by atoms with Gasteiger partial charge in [0.15, 0.2) is 0 Å². The SMILES string of the molecule is CCCCC/C=C\C/C=C\CCCCCCCC(=O)OC(CO)COP(=O)(O)OCC(CO)OC(=O)CCCCCCCCC. The minimum absolute atomic E-state index is 0.177. The van der Waals surface area contributed by atoms with Gasteiger partial charge in [0.1, 0.15) is 12.2 Å². The third kappa shape index (κ3) is 29.6. The molecular weight excluding hydrogens is 599 g/mol. The number of rotatable bonds is 32. The van der Waals surface area contributed by atoms with E-state index in [1.165, 1.54) is 38.5 Å². The summed E-state index contributed by atoms with van der Waals surface area (Å²) in [6.07, 6.45) is 26.1. The lowest BCUT2D eigenvalue weighted by Gasteiger charge is -2.20. The van der Waals surface area contributed by atoms with Crippen molar-refractivity contribution in [2.45, 2.75) is 154 Å². The lowest BCUT2D eigenvalue weighted by atomic mass is 10.1. The second-order valence-corrected chi connectivity index (χ2v) is 13.0. The van der Waals surface area contributed by atoms with E-state index in [9.17, 15) is 29.3 Å². The van der Waals surface area contributed by atoms with Gasteiger partial charge >= 0.3 is 19.8 Å². The van der Waals surface area contributed by atoms with E-state index < -0.39 is 58.4 Å². The highest BCUT2D eigenvalue weighted by atomic mass is 31.2. The van der Waals surface area contributed by atoms with Crippen LogP contribution in [0.25, 0.3) is 0 Å². The van der Waals surface area contributed by atoms with Crippen molar-refractivity contribution < 1.29 is 47.8 Å². The van der Waals surface area contributed by atoms with Gasteiger partial charge in [-0.25, -0.2) is 4.57 Å². The number of hydrogen-bond acceptors (Lipinski definition) is 9. The molecule has 0 radical (unpaired) electrons. The van der Waals surface area contributed by atoms with Gasteiger partial charge in [0.2, 0.25) is 0 Å². The number of carbonyl (C=O) groups is 2. The molecule has 3 N–H and O–H groups in total. The first kappa shape index (κ1) is 43.5. The molecule has 264 valence electrons. The zero-order valence-corrected chi connectivity index (χ0v) is 29.0. The molecule has 0 saturated carbocycles. The number of carbonyl (C=O) groups excluding carboxylic acids is 2. The number of aliphatic hydroxyl groups is 2. The number of ether oxygens (including phenoxy) is 2. The average Bonchev–Trinajstić information content (AvgIpc) is 3.02. The maximum Gasteiger partial charge on any atom is 0.472 e. The van der Waals surface area contributed by atoms with Crippen molar-refractivity contribution in [1.82, 2.24) is 0 Å². The monoisotopic (exact) mass is 662 g/mol. The van der Waals surface area contributed by atoms with E-state index in [0.717, 1.165) is 64.2 Å². The molecule has 45 heavy (non-hydrogen) atoms. The molecule has 0 heterocycles. The number of phosphoric ester groups is 1. The van der Waals surface area contributed by atoms with Gasteiger partial charge in [0, 0.05) is 12.8 Å². The Morgan fingerprint density at radius 1 is 0.600 bits per heavy atom. The first-order valence-electron chi connectivity index (χ1n) is 17.3. The summed E-state index contributed by atoms with van der Waals surface area (Å²) >= 11 is 0. The van der Waals surface area contributed by atoms with Crippen LogP contribution in [0.15, 0.2) is 24.3 Å². The van der Waals surface area contributed by atoms with Crippen molar-refractivity contribution in [2.75, 3.05) is 26.4 Å². The third-order valence-corrected chi connectivity index (χ3v) is 8.12. The predicted octanol–water partition coefficient (Wildman–Crippen LogP) is 7.88. The Morgan fingerprint density at radius 2 is 0.978 bits per heavy atom. The Morgan fingerprint density at radius 3 is 1.42 bits per heavy atom. The summed E-state index contributed by atoms with van der Waals surface area (Å²) in [4.78, 5) is 34.1. The van der Waals surface area contributed by atoms with Crippen LogP contribution in [0.2, 0.25) is 0 Å². The van der Waals surface area contributed by atoms with E-state index in [2.05, 4.69) is 38.2 Å². The molecule has 0 bridgehead atoms. The standard InChI is InChI=1S/C34H63O10P/c1-3-5-7-9-11-12-13-14-15-16-17-18-20-22-24-26-34(38)44-32(28-36)30-42-45(39,40)41-29-31(27-35)43-33(37)25-23-21-19-10-8-6-4-2/h11-12,14-15,31-32,35-36H,3-10,13,16-30H2,1-2H3,(H,39,40)/b12-11-,15-14-. The summed E-state index contributed by atoms with van der Waals surface area (Å²) < 4.78 is 32.2. The fourth-order valence-electron chi connectivity index (χ4n) is 4.44. The number of esters is 2. The molecule has 0 saturated heterocycles. The van der Waals surface area contributed by atoms with Gasteiger partial charge in [-0.2, -0.15) is 0 Å². The topological polar surface area (TPSA) is 149 Å². The van der Waals surface area contributed by atoms with E-state index in [1.54, 1.807) is 0 Å². The molecule has 0 aliphatic heterocycles. The normalized spacial score (nSPS) is 14.5. The predicted molar refractivity (Wildman–Crippen MR) is 178 cm³/mol. The lowest BCUT2D eigenvalue weighted by molar-refractivity contribution is -0.153. The second kappa shape index (κ2) is 31.1. The number of phosphoric acid groups is 1. The van der Waals surface area contributed by atoms with Crippen molar-refractivity contribution in [3.63, 3.8) is 0 Å². The fraction of sp³-hybridized carbons (Fsp3) is 0.824. The molecule has 0 aromatic rings. The Balaban J connectivity index is 4.03. The van der Waals surface area contributed by atoms with Gasteiger partial charge in [-0.1, -0.05) is 109 Å². The molecule has 10 nitrogen and oxygen atoms in total. The van der Waals surface area contributed by atoms with Crippen LogP contribution in [-0.2, 0) is 32.7 Å². The Hall–Kier alpha value is -1.55. The summed E-state index contributed by atoms with van der Waals surface area (Å²) in [6, 6.07) is 0. The maximum atomic E-state index is 12.2. The molecule has 0 aliphatic carbocycles. The van der Waals surface area contributed by atoms with Gasteiger partial charge < -0.3 is 24.6 Å². The highest BCUT2D eigenvalue weighted by molar-refractivity contribution is 7.47. The zero-order valence-electron chi connectivity index (χ0n) is 28.1. The van der Waals surface area contributed by atoms with Crippen molar-refractivity contribution in [1.29, 1.82) is 0 Å². The molecule has 0 aliphatic rings. The number of allylic oxidation sites excluding steroid dienone is 4. The molecule has 0 spiro atoms. The van der Waals surface area contributed by atoms with E-state index >= 15 is 0 Å². The van der Waals surface area contributed by atoms with E-state index in [-0.39, 0.29) is 12.8 Å². The zero-order chi connectivity index (χ0) is 33.4. The van der Waals surface area contributed by atoms with E-state index in [0.29, 0.717) is 12.8 Å². The van der Waals surface area contributed by atoms with Gasteiger partial charge in [-0.05, 0) is 44.9 Å². The van der Waals surface area contributed by atoms with Crippen LogP contribution < -0.4 is 0 Å². The van der Waals surface area contributed by atoms with Crippen LogP contribution in [-0.4, -0.2) is 65.7 Å².